The number of hydrogen-bond donors (Lipinski definition) is 0. The van der Waals surface area contributed by atoms with Crippen LogP contribution in [0.3, 0.4) is 0 Å². The van der Waals surface area contributed by atoms with Crippen molar-refractivity contribution in [2.75, 3.05) is 0 Å². The average Bonchev–Trinajstić information content (AvgIpc) is 2.93. The summed E-state index contributed by atoms with van der Waals surface area (Å²) in [5.74, 6) is 1.04. The number of halogens is 2. The van der Waals surface area contributed by atoms with E-state index in [9.17, 15) is 0 Å². The van der Waals surface area contributed by atoms with Crippen LogP contribution in [0.15, 0.2) is 34.4 Å². The van der Waals surface area contributed by atoms with Crippen molar-refractivity contribution in [3.05, 3.63) is 61.4 Å². The molecule has 0 bridgehead atoms. The molecule has 28 heavy (non-hydrogen) atoms. The van der Waals surface area contributed by atoms with Gasteiger partial charge in [-0.3, -0.25) is 12.2 Å². The molecule has 0 aromatic rings. The molecule has 0 aliphatic heterocycles. The zero-order valence-corrected chi connectivity index (χ0v) is 25.8. The first-order chi connectivity index (χ1) is 10.8. The van der Waals surface area contributed by atoms with Crippen LogP contribution in [0.25, 0.3) is 0 Å². The first-order valence-corrected chi connectivity index (χ1v) is 14.8. The van der Waals surface area contributed by atoms with E-state index in [1.165, 1.54) is 22.3 Å². The number of hydrogen-bond acceptors (Lipinski definition) is 0. The maximum atomic E-state index is 3.40. The summed E-state index contributed by atoms with van der Waals surface area (Å²) in [7, 11) is 0. The molecule has 2 aliphatic rings. The molecule has 0 nitrogen and oxygen atoms in total. The summed E-state index contributed by atoms with van der Waals surface area (Å²) in [4.78, 5) is 0. The van der Waals surface area contributed by atoms with Gasteiger partial charge in [0.25, 0.3) is 0 Å². The van der Waals surface area contributed by atoms with E-state index in [4.69, 9.17) is 0 Å². The van der Waals surface area contributed by atoms with E-state index in [0.717, 1.165) is 0 Å². The van der Waals surface area contributed by atoms with E-state index in [1.54, 1.807) is 23.3 Å². The summed E-state index contributed by atoms with van der Waals surface area (Å²) in [6.45, 7) is 24.1. The Morgan fingerprint density at radius 2 is 0.929 bits per heavy atom. The molecule has 0 aromatic heterocycles. The first-order valence-electron chi connectivity index (χ1n) is 8.83. The first kappa shape index (κ1) is 39.2. The van der Waals surface area contributed by atoms with Crippen LogP contribution >= 0.6 is 24.8 Å². The zero-order chi connectivity index (χ0) is 19.3. The monoisotopic (exact) mass is 520 g/mol. The predicted octanol–water partition coefficient (Wildman–Crippen LogP) is 7.54. The Morgan fingerprint density at radius 1 is 0.714 bits per heavy atom. The molecular weight excluding hydrogens is 478 g/mol. The molecule has 4 heteroatoms. The molecule has 0 fully saturated rings. The third-order valence-corrected chi connectivity index (χ3v) is 4.15. The van der Waals surface area contributed by atoms with Crippen molar-refractivity contribution in [1.82, 2.24) is 0 Å². The van der Waals surface area contributed by atoms with E-state index in [2.05, 4.69) is 93.5 Å². The Hall–Kier alpha value is 0.640. The summed E-state index contributed by atoms with van der Waals surface area (Å²) < 4.78 is 0. The summed E-state index contributed by atoms with van der Waals surface area (Å²) in [5.41, 5.74) is 6.19. The van der Waals surface area contributed by atoms with Crippen LogP contribution in [0.1, 0.15) is 69.2 Å². The summed E-state index contributed by atoms with van der Waals surface area (Å²) in [5, 5.41) is 0. The fourth-order valence-electron chi connectivity index (χ4n) is 3.30. The van der Waals surface area contributed by atoms with E-state index >= 15 is 0 Å². The molecular formula is C24H44Cl2SiZr-4. The average molecular weight is 523 g/mol. The van der Waals surface area contributed by atoms with Crippen molar-refractivity contribution in [3.63, 3.8) is 0 Å². The summed E-state index contributed by atoms with van der Waals surface area (Å²) in [6, 6.07) is 0. The fourth-order valence-corrected chi connectivity index (χ4v) is 3.30. The van der Waals surface area contributed by atoms with Crippen LogP contribution in [-0.2, 0) is 23.3 Å². The van der Waals surface area contributed by atoms with Crippen molar-refractivity contribution in [2.45, 2.75) is 69.2 Å². The summed E-state index contributed by atoms with van der Waals surface area (Å²) in [6.07, 6.45) is 11.4. The Kier molecular flexibility index (Phi) is 22.9. The van der Waals surface area contributed by atoms with Gasteiger partial charge in [-0.1, -0.05) is 91.9 Å². The topological polar surface area (TPSA) is 0 Å². The van der Waals surface area contributed by atoms with Crippen molar-refractivity contribution < 1.29 is 23.3 Å². The quantitative estimate of drug-likeness (QED) is 0.228. The molecule has 0 saturated carbocycles. The molecule has 2 rings (SSSR count). The van der Waals surface area contributed by atoms with Crippen LogP contribution in [0, 0.1) is 49.7 Å². The third-order valence-electron chi connectivity index (χ3n) is 4.15. The molecule has 0 saturated heterocycles. The minimum atomic E-state index is 0. The van der Waals surface area contributed by atoms with Crippen LogP contribution in [0.5, 0.6) is 0 Å². The van der Waals surface area contributed by atoms with Gasteiger partial charge >= 0.3 is 30.2 Å². The van der Waals surface area contributed by atoms with Gasteiger partial charge in [0.05, 0.1) is 0 Å². The van der Waals surface area contributed by atoms with E-state index in [0.29, 0.717) is 22.7 Å². The Morgan fingerprint density at radius 3 is 1.00 bits per heavy atom. The van der Waals surface area contributed by atoms with Crippen molar-refractivity contribution in [1.29, 1.82) is 0 Å². The van der Waals surface area contributed by atoms with Crippen LogP contribution in [0.2, 0.25) is 0 Å². The van der Waals surface area contributed by atoms with Gasteiger partial charge in [-0.15, -0.1) is 24.8 Å². The Bertz CT molecular complexity index is 508. The van der Waals surface area contributed by atoms with E-state index < -0.39 is 0 Å². The molecule has 0 radical (unpaired) electrons. The van der Waals surface area contributed by atoms with Gasteiger partial charge in [0.15, 0.2) is 0 Å². The summed E-state index contributed by atoms with van der Waals surface area (Å²) >= 11 is 1.58. The number of rotatable bonds is 0. The van der Waals surface area contributed by atoms with Crippen molar-refractivity contribution in [3.8, 4) is 0 Å². The molecule has 0 spiro atoms. The second kappa shape index (κ2) is 16.3. The molecule has 0 heterocycles. The maximum absolute atomic E-state index is 3.40. The Labute approximate surface area is 207 Å². The second-order valence-electron chi connectivity index (χ2n) is 8.78. The van der Waals surface area contributed by atoms with Gasteiger partial charge in [0.1, 0.15) is 0 Å². The van der Waals surface area contributed by atoms with Gasteiger partial charge in [0.2, 0.25) is 0 Å². The van der Waals surface area contributed by atoms with Gasteiger partial charge in [0, 0.05) is 0 Å². The van der Waals surface area contributed by atoms with Gasteiger partial charge in [-0.2, -0.15) is 23.3 Å². The van der Waals surface area contributed by atoms with Crippen molar-refractivity contribution >= 4 is 31.7 Å². The molecule has 0 N–H and O–H groups in total. The van der Waals surface area contributed by atoms with Gasteiger partial charge in [-0.25, -0.2) is 11.1 Å². The zero-order valence-electron chi connectivity index (χ0n) is 20.3. The predicted molar refractivity (Wildman–Crippen MR) is 134 cm³/mol. The van der Waals surface area contributed by atoms with Gasteiger partial charge in [-0.05, 0) is 0 Å². The Balaban J connectivity index is -0.000000102. The van der Waals surface area contributed by atoms with Crippen molar-refractivity contribution in [2.24, 2.45) is 22.7 Å². The molecule has 2 aliphatic carbocycles. The standard InChI is InChI=1S/2C11H17.2CH3.2ClH.H2Si.Zr/c2*1-8-6-9(2)10(7-8)11(3,4)5;;;;;;/h2*7-8H,1-5H3;2*1H3;2*1H;1H2;/q4*-1;;;;. The van der Waals surface area contributed by atoms with Gasteiger partial charge < -0.3 is 14.9 Å². The number of allylic oxidation sites excluding steroid dienone is 8. The van der Waals surface area contributed by atoms with E-state index in [-0.39, 0.29) is 39.7 Å². The van der Waals surface area contributed by atoms with Crippen LogP contribution in [0.4, 0.5) is 0 Å². The molecule has 2 unspecified atom stereocenters. The van der Waals surface area contributed by atoms with Crippen LogP contribution in [-0.4, -0.2) is 6.88 Å². The normalized spacial score (nSPS) is 19.8. The minimum absolute atomic E-state index is 0. The van der Waals surface area contributed by atoms with E-state index in [1.807, 2.05) is 6.88 Å². The molecule has 0 amide bonds. The molecule has 0 aromatic carbocycles. The third kappa shape index (κ3) is 13.0. The fraction of sp³-hybridized carbons (Fsp3) is 0.583. The molecule has 166 valence electrons. The molecule has 2 atom stereocenters. The SMILES string of the molecule is CC1=[C-]C(C)C=C1C(C)(C)C.CC1=[C-]C(C)C=C1C(C)(C)C.Cl.Cl.[CH3-].[CH3-].[SiH2]=[Zr]. The second-order valence-corrected chi connectivity index (χ2v) is 8.78. The van der Waals surface area contributed by atoms with Crippen LogP contribution < -0.4 is 0 Å².